The molecule has 2 atom stereocenters. The van der Waals surface area contributed by atoms with Crippen LogP contribution in [0.4, 0.5) is 14.6 Å². The standard InChI is InChI=1S/C22H28F2N4O3/c1-3-4-19(27-21(30)11-15-9-17(23)12-18(24)10-15)22(31)28-20-6-5-16(13-26-20)14(2)25-7-8-29/h5-6,9-10,12-14,19,25,29H,3-4,7-8,11H2,1-2H3,(H,27,30)(H,26,28,31). The number of amides is 2. The molecule has 0 aliphatic heterocycles. The van der Waals surface area contributed by atoms with Crippen molar-refractivity contribution in [3.8, 4) is 0 Å². The largest absolute Gasteiger partial charge is 0.395 e. The molecule has 2 unspecified atom stereocenters. The first-order valence-corrected chi connectivity index (χ1v) is 10.2. The van der Waals surface area contributed by atoms with Crippen LogP contribution in [0.2, 0.25) is 0 Å². The highest BCUT2D eigenvalue weighted by Gasteiger charge is 2.21. The normalized spacial score (nSPS) is 12.8. The Hall–Kier alpha value is -2.91. The zero-order chi connectivity index (χ0) is 22.8. The van der Waals surface area contributed by atoms with Gasteiger partial charge in [0.05, 0.1) is 13.0 Å². The Morgan fingerprint density at radius 2 is 1.87 bits per heavy atom. The predicted molar refractivity (Wildman–Crippen MR) is 113 cm³/mol. The lowest BCUT2D eigenvalue weighted by Crippen LogP contribution is -2.44. The van der Waals surface area contributed by atoms with Crippen molar-refractivity contribution in [2.45, 2.75) is 45.2 Å². The van der Waals surface area contributed by atoms with Crippen LogP contribution in [-0.4, -0.2) is 41.1 Å². The van der Waals surface area contributed by atoms with Crippen LogP contribution >= 0.6 is 0 Å². The van der Waals surface area contributed by atoms with Gasteiger partial charge in [0.1, 0.15) is 23.5 Å². The zero-order valence-electron chi connectivity index (χ0n) is 17.6. The van der Waals surface area contributed by atoms with Gasteiger partial charge in [0.2, 0.25) is 11.8 Å². The number of aliphatic hydroxyl groups excluding tert-OH is 1. The Morgan fingerprint density at radius 3 is 2.45 bits per heavy atom. The first-order valence-electron chi connectivity index (χ1n) is 10.2. The Kier molecular flexibility index (Phi) is 9.48. The van der Waals surface area contributed by atoms with Crippen LogP contribution in [0.3, 0.4) is 0 Å². The number of aliphatic hydroxyl groups is 1. The lowest BCUT2D eigenvalue weighted by molar-refractivity contribution is -0.126. The summed E-state index contributed by atoms with van der Waals surface area (Å²) in [5, 5.41) is 17.3. The number of halogens is 2. The maximum atomic E-state index is 13.3. The highest BCUT2D eigenvalue weighted by molar-refractivity contribution is 5.96. The van der Waals surface area contributed by atoms with Gasteiger partial charge in [-0.3, -0.25) is 9.59 Å². The topological polar surface area (TPSA) is 103 Å². The summed E-state index contributed by atoms with van der Waals surface area (Å²) in [4.78, 5) is 29.2. The van der Waals surface area contributed by atoms with E-state index in [2.05, 4.69) is 20.9 Å². The van der Waals surface area contributed by atoms with Gasteiger partial charge in [-0.15, -0.1) is 0 Å². The highest BCUT2D eigenvalue weighted by atomic mass is 19.1. The second-order valence-corrected chi connectivity index (χ2v) is 7.23. The van der Waals surface area contributed by atoms with E-state index in [1.165, 1.54) is 0 Å². The number of carbonyl (C=O) groups excluding carboxylic acids is 2. The van der Waals surface area contributed by atoms with Gasteiger partial charge in [-0.1, -0.05) is 19.4 Å². The van der Waals surface area contributed by atoms with Crippen molar-refractivity contribution >= 4 is 17.6 Å². The van der Waals surface area contributed by atoms with Crippen LogP contribution in [0.1, 0.15) is 43.9 Å². The van der Waals surface area contributed by atoms with Crippen LogP contribution in [0.5, 0.6) is 0 Å². The molecule has 0 spiro atoms. The van der Waals surface area contributed by atoms with E-state index in [9.17, 15) is 18.4 Å². The van der Waals surface area contributed by atoms with Crippen molar-refractivity contribution in [2.24, 2.45) is 0 Å². The number of hydrogen-bond donors (Lipinski definition) is 4. The molecule has 1 heterocycles. The summed E-state index contributed by atoms with van der Waals surface area (Å²) in [6.45, 7) is 4.30. The number of nitrogens with zero attached hydrogens (tertiary/aromatic N) is 1. The Balaban J connectivity index is 1.97. The fourth-order valence-electron chi connectivity index (χ4n) is 3.05. The predicted octanol–water partition coefficient (Wildman–Crippen LogP) is 2.47. The summed E-state index contributed by atoms with van der Waals surface area (Å²) in [6, 6.07) is 5.55. The molecule has 1 aromatic carbocycles. The number of nitrogens with one attached hydrogen (secondary N) is 3. The molecule has 0 fully saturated rings. The summed E-state index contributed by atoms with van der Waals surface area (Å²) in [7, 11) is 0. The third-order valence-corrected chi connectivity index (χ3v) is 4.62. The van der Waals surface area contributed by atoms with Crippen molar-refractivity contribution in [1.29, 1.82) is 0 Å². The Morgan fingerprint density at radius 1 is 1.16 bits per heavy atom. The molecular weight excluding hydrogens is 406 g/mol. The zero-order valence-corrected chi connectivity index (χ0v) is 17.6. The van der Waals surface area contributed by atoms with Crippen LogP contribution < -0.4 is 16.0 Å². The SMILES string of the molecule is CCCC(NC(=O)Cc1cc(F)cc(F)c1)C(=O)Nc1ccc(C(C)NCCO)cn1. The van der Waals surface area contributed by atoms with Crippen molar-refractivity contribution in [3.63, 3.8) is 0 Å². The van der Waals surface area contributed by atoms with Crippen molar-refractivity contribution in [3.05, 3.63) is 59.3 Å². The Labute approximate surface area is 180 Å². The summed E-state index contributed by atoms with van der Waals surface area (Å²) in [5.74, 6) is -2.12. The lowest BCUT2D eigenvalue weighted by Gasteiger charge is -2.18. The molecular formula is C22H28F2N4O3. The van der Waals surface area contributed by atoms with E-state index in [0.29, 0.717) is 25.2 Å². The summed E-state index contributed by atoms with van der Waals surface area (Å²) >= 11 is 0. The van der Waals surface area contributed by atoms with Gasteiger partial charge in [0.15, 0.2) is 0 Å². The average molecular weight is 434 g/mol. The Bertz CT molecular complexity index is 857. The highest BCUT2D eigenvalue weighted by Crippen LogP contribution is 2.14. The van der Waals surface area contributed by atoms with E-state index in [0.717, 1.165) is 23.8 Å². The second kappa shape index (κ2) is 12.1. The van der Waals surface area contributed by atoms with Crippen LogP contribution in [-0.2, 0) is 16.0 Å². The maximum Gasteiger partial charge on any atom is 0.248 e. The molecule has 0 saturated heterocycles. The van der Waals surface area contributed by atoms with Gasteiger partial charge in [-0.2, -0.15) is 0 Å². The molecule has 9 heteroatoms. The third kappa shape index (κ3) is 8.03. The van der Waals surface area contributed by atoms with E-state index < -0.39 is 29.5 Å². The van der Waals surface area contributed by atoms with Crippen LogP contribution in [0.15, 0.2) is 36.5 Å². The third-order valence-electron chi connectivity index (χ3n) is 4.62. The van der Waals surface area contributed by atoms with E-state index in [4.69, 9.17) is 5.11 Å². The monoisotopic (exact) mass is 434 g/mol. The molecule has 7 nitrogen and oxygen atoms in total. The van der Waals surface area contributed by atoms with Crippen molar-refractivity contribution in [2.75, 3.05) is 18.5 Å². The van der Waals surface area contributed by atoms with Gasteiger partial charge in [0.25, 0.3) is 0 Å². The van der Waals surface area contributed by atoms with Crippen molar-refractivity contribution in [1.82, 2.24) is 15.6 Å². The van der Waals surface area contributed by atoms with E-state index >= 15 is 0 Å². The van der Waals surface area contributed by atoms with Crippen LogP contribution in [0, 0.1) is 11.6 Å². The molecule has 4 N–H and O–H groups in total. The number of benzene rings is 1. The molecule has 1 aromatic heterocycles. The summed E-state index contributed by atoms with van der Waals surface area (Å²) in [6.07, 6.45) is 2.42. The minimum Gasteiger partial charge on any atom is -0.395 e. The first kappa shape index (κ1) is 24.4. The van der Waals surface area contributed by atoms with E-state index in [1.54, 1.807) is 12.3 Å². The number of aromatic nitrogens is 1. The van der Waals surface area contributed by atoms with Gasteiger partial charge < -0.3 is 21.1 Å². The summed E-state index contributed by atoms with van der Waals surface area (Å²) in [5.41, 5.74) is 1.08. The molecule has 2 amide bonds. The fourth-order valence-corrected chi connectivity index (χ4v) is 3.05. The molecule has 0 aliphatic rings. The quantitative estimate of drug-likeness (QED) is 0.435. The summed E-state index contributed by atoms with van der Waals surface area (Å²) < 4.78 is 26.6. The van der Waals surface area contributed by atoms with Gasteiger partial charge in [-0.25, -0.2) is 13.8 Å². The number of pyridine rings is 1. The molecule has 168 valence electrons. The second-order valence-electron chi connectivity index (χ2n) is 7.23. The molecule has 0 aliphatic carbocycles. The first-order chi connectivity index (χ1) is 14.8. The van der Waals surface area contributed by atoms with Gasteiger partial charge >= 0.3 is 0 Å². The minimum absolute atomic E-state index is 0.0100. The smallest absolute Gasteiger partial charge is 0.248 e. The number of carbonyl (C=O) groups is 2. The average Bonchev–Trinajstić information content (AvgIpc) is 2.71. The molecule has 2 rings (SSSR count). The van der Waals surface area contributed by atoms with Crippen molar-refractivity contribution < 1.29 is 23.5 Å². The molecule has 0 saturated carbocycles. The van der Waals surface area contributed by atoms with E-state index in [-0.39, 0.29) is 24.6 Å². The maximum absolute atomic E-state index is 13.3. The fraction of sp³-hybridized carbons (Fsp3) is 0.409. The minimum atomic E-state index is -0.803. The molecule has 2 aromatic rings. The van der Waals surface area contributed by atoms with E-state index in [1.807, 2.05) is 19.9 Å². The van der Waals surface area contributed by atoms with Gasteiger partial charge in [-0.05, 0) is 42.7 Å². The van der Waals surface area contributed by atoms with Crippen LogP contribution in [0.25, 0.3) is 0 Å². The lowest BCUT2D eigenvalue weighted by atomic mass is 10.1. The number of rotatable bonds is 11. The van der Waals surface area contributed by atoms with Gasteiger partial charge in [0, 0.05) is 24.8 Å². The molecule has 0 bridgehead atoms. The molecule has 31 heavy (non-hydrogen) atoms. The molecule has 0 radical (unpaired) electrons. The number of anilines is 1. The number of hydrogen-bond acceptors (Lipinski definition) is 5.